The van der Waals surface area contributed by atoms with Crippen LogP contribution in [0.4, 0.5) is 11.4 Å². The van der Waals surface area contributed by atoms with Crippen LogP contribution in [-0.2, 0) is 6.54 Å². The van der Waals surface area contributed by atoms with Crippen LogP contribution in [0.3, 0.4) is 0 Å². The minimum absolute atomic E-state index is 0.785. The predicted octanol–water partition coefficient (Wildman–Crippen LogP) is 4.14. The number of benzene rings is 2. The highest BCUT2D eigenvalue weighted by molar-refractivity contribution is 6.31. The maximum absolute atomic E-state index is 6.30. The van der Waals surface area contributed by atoms with Gasteiger partial charge in [-0.05, 0) is 49.4 Å². The van der Waals surface area contributed by atoms with Crippen molar-refractivity contribution in [2.75, 3.05) is 19.0 Å². The summed E-state index contributed by atoms with van der Waals surface area (Å²) < 4.78 is 0. The van der Waals surface area contributed by atoms with Crippen LogP contribution >= 0.6 is 11.6 Å². The normalized spacial score (nSPS) is 10.5. The van der Waals surface area contributed by atoms with Gasteiger partial charge in [0.15, 0.2) is 0 Å². The van der Waals surface area contributed by atoms with Gasteiger partial charge in [0.1, 0.15) is 0 Å². The minimum Gasteiger partial charge on any atom is -0.345 e. The molecule has 0 saturated heterocycles. The zero-order valence-electron chi connectivity index (χ0n) is 11.6. The highest BCUT2D eigenvalue weighted by Crippen LogP contribution is 2.28. The largest absolute Gasteiger partial charge is 0.345 e. The molecule has 19 heavy (non-hydrogen) atoms. The minimum atomic E-state index is 0.785. The molecule has 2 aromatic rings. The lowest BCUT2D eigenvalue weighted by Gasteiger charge is -2.21. The fourth-order valence-corrected chi connectivity index (χ4v) is 2.31. The highest BCUT2D eigenvalue weighted by atomic mass is 35.5. The van der Waals surface area contributed by atoms with Gasteiger partial charge in [0.2, 0.25) is 0 Å². The molecule has 1 N–H and O–H groups in total. The van der Waals surface area contributed by atoms with Crippen molar-refractivity contribution in [1.29, 1.82) is 0 Å². The monoisotopic (exact) mass is 274 g/mol. The number of nitrogens with one attached hydrogen (secondary N) is 1. The van der Waals surface area contributed by atoms with Gasteiger partial charge < -0.3 is 10.2 Å². The van der Waals surface area contributed by atoms with Gasteiger partial charge >= 0.3 is 0 Å². The smallest absolute Gasteiger partial charge is 0.0471 e. The molecule has 2 nitrogen and oxygen atoms in total. The first-order valence-corrected chi connectivity index (χ1v) is 6.73. The van der Waals surface area contributed by atoms with Crippen molar-refractivity contribution in [1.82, 2.24) is 5.32 Å². The van der Waals surface area contributed by atoms with Gasteiger partial charge in [-0.1, -0.05) is 29.8 Å². The third-order valence-corrected chi connectivity index (χ3v) is 3.53. The summed E-state index contributed by atoms with van der Waals surface area (Å²) in [5.41, 5.74) is 4.63. The predicted molar refractivity (Wildman–Crippen MR) is 83.5 cm³/mol. The van der Waals surface area contributed by atoms with Crippen molar-refractivity contribution < 1.29 is 0 Å². The highest BCUT2D eigenvalue weighted by Gasteiger charge is 2.07. The second-order valence-corrected chi connectivity index (χ2v) is 5.11. The second kappa shape index (κ2) is 6.09. The summed E-state index contributed by atoms with van der Waals surface area (Å²) in [5, 5.41) is 3.91. The number of rotatable bonds is 4. The summed E-state index contributed by atoms with van der Waals surface area (Å²) >= 11 is 6.30. The van der Waals surface area contributed by atoms with E-state index in [-0.39, 0.29) is 0 Å². The van der Waals surface area contributed by atoms with E-state index in [9.17, 15) is 0 Å². The van der Waals surface area contributed by atoms with Crippen LogP contribution in [0.15, 0.2) is 42.5 Å². The lowest BCUT2D eigenvalue weighted by Crippen LogP contribution is -2.10. The number of anilines is 2. The Hall–Kier alpha value is -1.51. The van der Waals surface area contributed by atoms with E-state index in [1.807, 2.05) is 13.1 Å². The van der Waals surface area contributed by atoms with E-state index in [0.717, 1.165) is 28.5 Å². The topological polar surface area (TPSA) is 15.3 Å². The molecule has 0 aliphatic heterocycles. The van der Waals surface area contributed by atoms with E-state index in [1.165, 1.54) is 5.56 Å². The summed E-state index contributed by atoms with van der Waals surface area (Å²) in [6.07, 6.45) is 0. The number of aryl methyl sites for hydroxylation is 1. The van der Waals surface area contributed by atoms with Gasteiger partial charge in [-0.2, -0.15) is 0 Å². The zero-order chi connectivity index (χ0) is 13.8. The summed E-state index contributed by atoms with van der Waals surface area (Å²) in [7, 11) is 3.97. The van der Waals surface area contributed by atoms with E-state index < -0.39 is 0 Å². The fourth-order valence-electron chi connectivity index (χ4n) is 2.06. The third kappa shape index (κ3) is 3.28. The molecule has 2 rings (SSSR count). The van der Waals surface area contributed by atoms with Crippen molar-refractivity contribution in [3.63, 3.8) is 0 Å². The summed E-state index contributed by atoms with van der Waals surface area (Å²) in [6, 6.07) is 14.6. The average Bonchev–Trinajstić information content (AvgIpc) is 2.40. The van der Waals surface area contributed by atoms with Gasteiger partial charge in [-0.15, -0.1) is 0 Å². The number of hydrogen-bond acceptors (Lipinski definition) is 2. The second-order valence-electron chi connectivity index (χ2n) is 4.70. The number of nitrogens with zero attached hydrogens (tertiary/aromatic N) is 1. The fraction of sp³-hybridized carbons (Fsp3) is 0.250. The van der Waals surface area contributed by atoms with E-state index >= 15 is 0 Å². The van der Waals surface area contributed by atoms with E-state index in [4.69, 9.17) is 11.6 Å². The Labute approximate surface area is 120 Å². The molecule has 100 valence electrons. The molecule has 0 spiro atoms. The number of halogens is 1. The molecule has 0 fully saturated rings. The number of hydrogen-bond donors (Lipinski definition) is 1. The Kier molecular flexibility index (Phi) is 4.46. The Bertz CT molecular complexity index is 566. The van der Waals surface area contributed by atoms with Gasteiger partial charge in [0.05, 0.1) is 0 Å². The average molecular weight is 275 g/mol. The molecule has 0 aliphatic carbocycles. The van der Waals surface area contributed by atoms with Gasteiger partial charge in [0.25, 0.3) is 0 Å². The third-order valence-electron chi connectivity index (χ3n) is 3.18. The quantitative estimate of drug-likeness (QED) is 0.902. The van der Waals surface area contributed by atoms with Crippen molar-refractivity contribution >= 4 is 23.0 Å². The molecular weight excluding hydrogens is 256 g/mol. The van der Waals surface area contributed by atoms with Crippen LogP contribution < -0.4 is 10.2 Å². The molecule has 2 aromatic carbocycles. The van der Waals surface area contributed by atoms with Crippen LogP contribution in [0.2, 0.25) is 5.02 Å². The van der Waals surface area contributed by atoms with Gasteiger partial charge in [0, 0.05) is 30.0 Å². The van der Waals surface area contributed by atoms with Crippen LogP contribution in [-0.4, -0.2) is 14.1 Å². The van der Waals surface area contributed by atoms with E-state index in [1.54, 1.807) is 0 Å². The lowest BCUT2D eigenvalue weighted by atomic mass is 10.1. The first-order valence-electron chi connectivity index (χ1n) is 6.35. The molecule has 0 unspecified atom stereocenters. The molecule has 0 radical (unpaired) electrons. The zero-order valence-corrected chi connectivity index (χ0v) is 12.3. The lowest BCUT2D eigenvalue weighted by molar-refractivity contribution is 0.818. The van der Waals surface area contributed by atoms with Crippen molar-refractivity contribution in [3.8, 4) is 0 Å². The van der Waals surface area contributed by atoms with Crippen LogP contribution in [0.1, 0.15) is 11.1 Å². The molecule has 0 saturated carbocycles. The van der Waals surface area contributed by atoms with Crippen molar-refractivity contribution in [2.24, 2.45) is 0 Å². The molecule has 0 aromatic heterocycles. The molecule has 0 aliphatic rings. The standard InChI is InChI=1S/C16H19ClN2/c1-12-5-4-6-14(9-12)19(3)15-8-7-13(11-18-2)16(17)10-15/h4-10,18H,11H2,1-3H3. The molecule has 0 amide bonds. The first-order chi connectivity index (χ1) is 9.11. The Morgan fingerprint density at radius 2 is 1.84 bits per heavy atom. The van der Waals surface area contributed by atoms with Crippen molar-refractivity contribution in [3.05, 3.63) is 58.6 Å². The molecule has 0 heterocycles. The summed E-state index contributed by atoms with van der Waals surface area (Å²) in [5.74, 6) is 0. The van der Waals surface area contributed by atoms with Crippen LogP contribution in [0.25, 0.3) is 0 Å². The maximum Gasteiger partial charge on any atom is 0.0471 e. The van der Waals surface area contributed by atoms with Gasteiger partial charge in [-0.3, -0.25) is 0 Å². The van der Waals surface area contributed by atoms with Crippen LogP contribution in [0.5, 0.6) is 0 Å². The molecular formula is C16H19ClN2. The maximum atomic E-state index is 6.30. The van der Waals surface area contributed by atoms with Crippen LogP contribution in [0, 0.1) is 6.92 Å². The van der Waals surface area contributed by atoms with Gasteiger partial charge in [-0.25, -0.2) is 0 Å². The van der Waals surface area contributed by atoms with Crippen molar-refractivity contribution in [2.45, 2.75) is 13.5 Å². The summed E-state index contributed by atoms with van der Waals surface area (Å²) in [4.78, 5) is 2.14. The molecule has 0 bridgehead atoms. The SMILES string of the molecule is CNCc1ccc(N(C)c2cccc(C)c2)cc1Cl. The Morgan fingerprint density at radius 1 is 1.11 bits per heavy atom. The summed E-state index contributed by atoms with van der Waals surface area (Å²) in [6.45, 7) is 2.88. The Balaban J connectivity index is 2.29. The molecule has 3 heteroatoms. The van der Waals surface area contributed by atoms with E-state index in [2.05, 4.69) is 60.6 Å². The molecule has 0 atom stereocenters. The van der Waals surface area contributed by atoms with E-state index in [0.29, 0.717) is 0 Å². The first kappa shape index (κ1) is 13.9. The Morgan fingerprint density at radius 3 is 2.47 bits per heavy atom.